The number of amides is 5. The van der Waals surface area contributed by atoms with Crippen molar-refractivity contribution in [2.45, 2.75) is 38.6 Å². The highest BCUT2D eigenvalue weighted by atomic mass is 35.5. The first-order valence-corrected chi connectivity index (χ1v) is 9.49. The Morgan fingerprint density at radius 2 is 1.85 bits per heavy atom. The number of hydrogen-bond donors (Lipinski definition) is 1. The van der Waals surface area contributed by atoms with Crippen LogP contribution in [0, 0.1) is 5.92 Å². The number of benzene rings is 1. The summed E-state index contributed by atoms with van der Waals surface area (Å²) in [6.07, 6.45) is 3.50. The summed E-state index contributed by atoms with van der Waals surface area (Å²) in [5, 5.41) is 3.14. The molecule has 2 fully saturated rings. The average Bonchev–Trinajstić information content (AvgIpc) is 2.82. The quantitative estimate of drug-likeness (QED) is 0.607. The van der Waals surface area contributed by atoms with E-state index in [2.05, 4.69) is 5.32 Å². The van der Waals surface area contributed by atoms with Crippen molar-refractivity contribution in [1.82, 2.24) is 9.80 Å². The number of rotatable bonds is 4. The molecule has 1 aliphatic carbocycles. The molecule has 0 radical (unpaired) electrons. The van der Waals surface area contributed by atoms with Crippen LogP contribution in [0.15, 0.2) is 18.2 Å². The summed E-state index contributed by atoms with van der Waals surface area (Å²) in [6.45, 7) is 1.40. The van der Waals surface area contributed by atoms with Gasteiger partial charge < -0.3 is 5.32 Å². The molecule has 5 amide bonds. The van der Waals surface area contributed by atoms with Crippen molar-refractivity contribution < 1.29 is 19.2 Å². The fraction of sp³-hybridized carbons (Fsp3) is 0.444. The van der Waals surface area contributed by atoms with Crippen molar-refractivity contribution in [3.8, 4) is 0 Å². The van der Waals surface area contributed by atoms with Crippen LogP contribution in [-0.2, 0) is 14.4 Å². The van der Waals surface area contributed by atoms with Gasteiger partial charge in [0.15, 0.2) is 0 Å². The SMILES string of the molecule is C[C@@H]1CCCC[C@H]1N1C(=O)C(=O)N(CC(=O)Nc2cc(Cl)ccc2Cl)C1=O. The topological polar surface area (TPSA) is 86.8 Å². The molecular weight excluding hydrogens is 393 g/mol. The lowest BCUT2D eigenvalue weighted by Gasteiger charge is -2.34. The van der Waals surface area contributed by atoms with Crippen LogP contribution >= 0.6 is 23.2 Å². The molecule has 1 heterocycles. The number of halogens is 2. The van der Waals surface area contributed by atoms with Crippen molar-refractivity contribution in [2.24, 2.45) is 5.92 Å². The third-order valence-corrected chi connectivity index (χ3v) is 5.55. The van der Waals surface area contributed by atoms with E-state index in [0.717, 1.165) is 24.2 Å². The average molecular weight is 412 g/mol. The molecule has 27 heavy (non-hydrogen) atoms. The second-order valence-electron chi connectivity index (χ2n) is 6.85. The van der Waals surface area contributed by atoms with Gasteiger partial charge in [0, 0.05) is 11.1 Å². The third-order valence-electron chi connectivity index (χ3n) is 4.99. The predicted octanol–water partition coefficient (Wildman–Crippen LogP) is 3.30. The standard InChI is InChI=1S/C18H19Cl2N3O4/c1-10-4-2-3-5-14(10)23-17(26)16(25)22(18(23)27)9-15(24)21-13-8-11(19)6-7-12(13)20/h6-8,10,14H,2-5,9H2,1H3,(H,21,24)/t10-,14-/m1/s1. The summed E-state index contributed by atoms with van der Waals surface area (Å²) in [6, 6.07) is 3.49. The van der Waals surface area contributed by atoms with Crippen LogP contribution in [0.25, 0.3) is 0 Å². The minimum absolute atomic E-state index is 0.124. The molecule has 1 saturated heterocycles. The van der Waals surface area contributed by atoms with Crippen molar-refractivity contribution >= 4 is 52.6 Å². The minimum atomic E-state index is -0.981. The second-order valence-corrected chi connectivity index (χ2v) is 7.69. The number of anilines is 1. The zero-order chi connectivity index (χ0) is 19.7. The zero-order valence-corrected chi connectivity index (χ0v) is 16.2. The molecule has 9 heteroatoms. The first kappa shape index (κ1) is 19.6. The van der Waals surface area contributed by atoms with Crippen molar-refractivity contribution in [3.05, 3.63) is 28.2 Å². The predicted molar refractivity (Wildman–Crippen MR) is 100 cm³/mol. The largest absolute Gasteiger partial charge is 0.334 e. The lowest BCUT2D eigenvalue weighted by Crippen LogP contribution is -2.46. The number of nitrogens with one attached hydrogen (secondary N) is 1. The maximum absolute atomic E-state index is 12.7. The first-order valence-electron chi connectivity index (χ1n) is 8.73. The Morgan fingerprint density at radius 3 is 2.56 bits per heavy atom. The van der Waals surface area contributed by atoms with Crippen molar-refractivity contribution in [2.75, 3.05) is 11.9 Å². The molecule has 3 rings (SSSR count). The Labute approximate surface area is 166 Å². The molecule has 1 aromatic rings. The summed E-state index contributed by atoms with van der Waals surface area (Å²) >= 11 is 11.9. The molecule has 1 aromatic carbocycles. The Bertz CT molecular complexity index is 814. The van der Waals surface area contributed by atoms with Gasteiger partial charge in [-0.05, 0) is 37.0 Å². The van der Waals surface area contributed by atoms with Crippen LogP contribution in [0.4, 0.5) is 10.5 Å². The van der Waals surface area contributed by atoms with Gasteiger partial charge >= 0.3 is 17.8 Å². The molecule has 0 unspecified atom stereocenters. The summed E-state index contributed by atoms with van der Waals surface area (Å²) in [5.41, 5.74) is 0.261. The monoisotopic (exact) mass is 411 g/mol. The maximum Gasteiger partial charge on any atom is 0.334 e. The van der Waals surface area contributed by atoms with E-state index in [9.17, 15) is 19.2 Å². The number of carbonyl (C=O) groups is 4. The fourth-order valence-corrected chi connectivity index (χ4v) is 3.90. The van der Waals surface area contributed by atoms with Crippen LogP contribution in [0.1, 0.15) is 32.6 Å². The van der Waals surface area contributed by atoms with E-state index in [1.165, 1.54) is 12.1 Å². The lowest BCUT2D eigenvalue weighted by atomic mass is 9.85. The molecule has 1 aliphatic heterocycles. The van der Waals surface area contributed by atoms with Gasteiger partial charge in [0.05, 0.1) is 10.7 Å². The Kier molecular flexibility index (Phi) is 5.72. The van der Waals surface area contributed by atoms with Gasteiger partial charge in [-0.2, -0.15) is 0 Å². The van der Waals surface area contributed by atoms with Crippen LogP contribution in [0.3, 0.4) is 0 Å². The van der Waals surface area contributed by atoms with E-state index < -0.39 is 30.3 Å². The highest BCUT2D eigenvalue weighted by Crippen LogP contribution is 2.31. The second kappa shape index (κ2) is 7.86. The zero-order valence-electron chi connectivity index (χ0n) is 14.7. The van der Waals surface area contributed by atoms with Gasteiger partial charge in [0.25, 0.3) is 0 Å². The van der Waals surface area contributed by atoms with E-state index in [1.807, 2.05) is 6.92 Å². The van der Waals surface area contributed by atoms with Gasteiger partial charge in [-0.25, -0.2) is 9.69 Å². The van der Waals surface area contributed by atoms with Crippen molar-refractivity contribution in [3.63, 3.8) is 0 Å². The van der Waals surface area contributed by atoms with Crippen LogP contribution in [0.2, 0.25) is 10.0 Å². The number of carbonyl (C=O) groups excluding carboxylic acids is 4. The number of hydrogen-bond acceptors (Lipinski definition) is 4. The number of urea groups is 1. The normalized spacial score (nSPS) is 23.1. The van der Waals surface area contributed by atoms with E-state index in [1.54, 1.807) is 6.07 Å². The molecule has 1 saturated carbocycles. The molecule has 0 bridgehead atoms. The summed E-state index contributed by atoms with van der Waals surface area (Å²) < 4.78 is 0. The van der Waals surface area contributed by atoms with Gasteiger partial charge in [0.2, 0.25) is 5.91 Å². The van der Waals surface area contributed by atoms with Gasteiger partial charge in [-0.1, -0.05) is 43.0 Å². The van der Waals surface area contributed by atoms with E-state index in [0.29, 0.717) is 16.3 Å². The number of imide groups is 2. The molecule has 7 nitrogen and oxygen atoms in total. The van der Waals surface area contributed by atoms with E-state index in [-0.39, 0.29) is 22.7 Å². The highest BCUT2D eigenvalue weighted by molar-refractivity contribution is 6.45. The van der Waals surface area contributed by atoms with Gasteiger partial charge in [-0.15, -0.1) is 0 Å². The summed E-state index contributed by atoms with van der Waals surface area (Å²) in [7, 11) is 0. The number of nitrogens with zero attached hydrogens (tertiary/aromatic N) is 2. The van der Waals surface area contributed by atoms with Crippen molar-refractivity contribution in [1.29, 1.82) is 0 Å². The first-order chi connectivity index (χ1) is 12.8. The molecule has 2 aliphatic rings. The summed E-state index contributed by atoms with van der Waals surface area (Å²) in [4.78, 5) is 51.3. The Morgan fingerprint density at radius 1 is 1.15 bits per heavy atom. The van der Waals surface area contributed by atoms with Crippen LogP contribution in [0.5, 0.6) is 0 Å². The van der Waals surface area contributed by atoms with E-state index >= 15 is 0 Å². The molecule has 0 spiro atoms. The lowest BCUT2D eigenvalue weighted by molar-refractivity contribution is -0.145. The molecule has 2 atom stereocenters. The Balaban J connectivity index is 1.72. The highest BCUT2D eigenvalue weighted by Gasteiger charge is 2.49. The molecule has 144 valence electrons. The van der Waals surface area contributed by atoms with Gasteiger partial charge in [0.1, 0.15) is 6.54 Å². The van der Waals surface area contributed by atoms with Gasteiger partial charge in [-0.3, -0.25) is 19.3 Å². The summed E-state index contributed by atoms with van der Waals surface area (Å²) in [5.74, 6) is -2.37. The van der Waals surface area contributed by atoms with Crippen LogP contribution in [-0.4, -0.2) is 46.1 Å². The third kappa shape index (κ3) is 3.94. The molecule has 1 N–H and O–H groups in total. The Hall–Kier alpha value is -2.12. The van der Waals surface area contributed by atoms with E-state index in [4.69, 9.17) is 23.2 Å². The maximum atomic E-state index is 12.7. The van der Waals surface area contributed by atoms with Crippen LogP contribution < -0.4 is 5.32 Å². The fourth-order valence-electron chi connectivity index (χ4n) is 3.56. The minimum Gasteiger partial charge on any atom is -0.323 e. The molecular formula is C18H19Cl2N3O4. The smallest absolute Gasteiger partial charge is 0.323 e. The molecule has 0 aromatic heterocycles.